The van der Waals surface area contributed by atoms with Gasteiger partial charge >= 0.3 is 11.3 Å². The molecule has 0 radical (unpaired) electrons. The molecule has 2 aromatic heterocycles. The average molecular weight is 618 g/mol. The minimum Gasteiger partial charge on any atom is -0.457 e. The van der Waals surface area contributed by atoms with Gasteiger partial charge in [0.05, 0.1) is 21.8 Å². The van der Waals surface area contributed by atoms with Gasteiger partial charge in [-0.3, -0.25) is 0 Å². The number of nitrogens with zero attached hydrogens (tertiary/aromatic N) is 2. The first-order valence-corrected chi connectivity index (χ1v) is 12.6. The van der Waals surface area contributed by atoms with Crippen LogP contribution in [0.3, 0.4) is 0 Å². The van der Waals surface area contributed by atoms with Crippen molar-refractivity contribution in [1.82, 2.24) is 9.97 Å². The molecule has 0 saturated carbocycles. The lowest BCUT2D eigenvalue weighted by Crippen LogP contribution is -2.03. The van der Waals surface area contributed by atoms with E-state index in [9.17, 15) is 9.59 Å². The maximum absolute atomic E-state index is 12.4. The molecular weight excluding hydrogens is 604 g/mol. The van der Waals surface area contributed by atoms with Gasteiger partial charge in [-0.05, 0) is 84.9 Å². The topological polar surface area (TPSA) is 95.4 Å². The van der Waals surface area contributed by atoms with Gasteiger partial charge in [-0.2, -0.15) is 0 Å². The van der Waals surface area contributed by atoms with Crippen molar-refractivity contribution in [3.8, 4) is 34.4 Å². The standard InChI is InChI=1S/C28H14Br2N2O5/c29-17-5-11-23-21(13-17)27(33)36-25(31-23)15-1-7-19(8-2-15)35-20-9-3-16(4-10-20)26-32-24-12-6-18(30)14-22(24)28(34)37-26/h1-14H. The fraction of sp³-hybridized carbons (Fsp3) is 0. The van der Waals surface area contributed by atoms with Crippen molar-refractivity contribution in [3.63, 3.8) is 0 Å². The van der Waals surface area contributed by atoms with Crippen molar-refractivity contribution in [1.29, 1.82) is 0 Å². The third kappa shape index (κ3) is 4.71. The van der Waals surface area contributed by atoms with Crippen molar-refractivity contribution >= 4 is 53.7 Å². The van der Waals surface area contributed by atoms with Crippen molar-refractivity contribution in [2.24, 2.45) is 0 Å². The number of aromatic nitrogens is 2. The minimum atomic E-state index is -0.452. The lowest BCUT2D eigenvalue weighted by atomic mass is 10.2. The summed E-state index contributed by atoms with van der Waals surface area (Å²) >= 11 is 6.70. The fourth-order valence-electron chi connectivity index (χ4n) is 3.80. The molecule has 7 nitrogen and oxygen atoms in total. The first-order chi connectivity index (χ1) is 17.9. The second-order valence-electron chi connectivity index (χ2n) is 8.09. The van der Waals surface area contributed by atoms with Crippen LogP contribution in [0.5, 0.6) is 11.5 Å². The van der Waals surface area contributed by atoms with Crippen LogP contribution in [0, 0.1) is 0 Å². The van der Waals surface area contributed by atoms with Crippen LogP contribution >= 0.6 is 31.9 Å². The molecule has 0 aliphatic heterocycles. The molecule has 0 aliphatic rings. The van der Waals surface area contributed by atoms with Gasteiger partial charge in [0, 0.05) is 20.1 Å². The minimum absolute atomic E-state index is 0.229. The molecule has 9 heteroatoms. The summed E-state index contributed by atoms with van der Waals surface area (Å²) in [7, 11) is 0. The van der Waals surface area contributed by atoms with E-state index in [1.807, 2.05) is 12.1 Å². The Morgan fingerprint density at radius 1 is 0.568 bits per heavy atom. The van der Waals surface area contributed by atoms with Gasteiger partial charge in [0.15, 0.2) is 0 Å². The molecule has 0 bridgehead atoms. The molecule has 0 fully saturated rings. The third-order valence-corrected chi connectivity index (χ3v) is 6.60. The van der Waals surface area contributed by atoms with Crippen LogP contribution in [0.2, 0.25) is 0 Å². The number of hydrogen-bond donors (Lipinski definition) is 0. The number of fused-ring (bicyclic) bond motifs is 2. The second kappa shape index (κ2) is 9.42. The summed E-state index contributed by atoms with van der Waals surface area (Å²) in [6.45, 7) is 0. The van der Waals surface area contributed by atoms with Gasteiger partial charge in [0.1, 0.15) is 11.5 Å². The van der Waals surface area contributed by atoms with Crippen molar-refractivity contribution in [3.05, 3.63) is 115 Å². The van der Waals surface area contributed by atoms with Crippen LogP contribution < -0.4 is 16.0 Å². The predicted octanol–water partition coefficient (Wildman–Crippen LogP) is 7.34. The summed E-state index contributed by atoms with van der Waals surface area (Å²) in [5.41, 5.74) is 1.50. The molecule has 0 aliphatic carbocycles. The normalized spacial score (nSPS) is 11.2. The Bertz CT molecular complexity index is 1770. The summed E-state index contributed by atoms with van der Waals surface area (Å²) < 4.78 is 18.3. The number of halogens is 2. The average Bonchev–Trinajstić information content (AvgIpc) is 2.90. The van der Waals surface area contributed by atoms with Crippen LogP contribution in [0.25, 0.3) is 44.7 Å². The second-order valence-corrected chi connectivity index (χ2v) is 9.92. The maximum Gasteiger partial charge on any atom is 0.347 e. The van der Waals surface area contributed by atoms with Gasteiger partial charge in [0.25, 0.3) is 0 Å². The SMILES string of the molecule is O=c1oc(-c2ccc(Oc3ccc(-c4nc5ccc(Br)cc5c(=O)o4)cc3)cc2)nc2ccc(Br)cc12. The maximum atomic E-state index is 12.4. The molecule has 0 spiro atoms. The van der Waals surface area contributed by atoms with Gasteiger partial charge < -0.3 is 13.6 Å². The highest BCUT2D eigenvalue weighted by Crippen LogP contribution is 2.28. The number of hydrogen-bond acceptors (Lipinski definition) is 7. The van der Waals surface area contributed by atoms with Crippen molar-refractivity contribution in [2.75, 3.05) is 0 Å². The molecule has 0 unspecified atom stereocenters. The number of rotatable bonds is 4. The molecule has 37 heavy (non-hydrogen) atoms. The molecule has 0 atom stereocenters. The molecule has 0 saturated heterocycles. The Kier molecular flexibility index (Phi) is 5.94. The smallest absolute Gasteiger partial charge is 0.347 e. The fourth-order valence-corrected chi connectivity index (χ4v) is 4.52. The molecule has 0 amide bonds. The zero-order valence-electron chi connectivity index (χ0n) is 18.8. The van der Waals surface area contributed by atoms with E-state index >= 15 is 0 Å². The largest absolute Gasteiger partial charge is 0.457 e. The molecule has 2 heterocycles. The van der Waals surface area contributed by atoms with Crippen LogP contribution in [-0.4, -0.2) is 9.97 Å². The van der Waals surface area contributed by atoms with E-state index in [4.69, 9.17) is 13.6 Å². The Morgan fingerprint density at radius 2 is 0.973 bits per heavy atom. The summed E-state index contributed by atoms with van der Waals surface area (Å²) in [5.74, 6) is 1.63. The van der Waals surface area contributed by atoms with E-state index in [0.717, 1.165) is 8.95 Å². The van der Waals surface area contributed by atoms with Gasteiger partial charge in [0.2, 0.25) is 11.8 Å². The lowest BCUT2D eigenvalue weighted by Gasteiger charge is -2.08. The Balaban J connectivity index is 1.22. The summed E-state index contributed by atoms with van der Waals surface area (Å²) in [5, 5.41) is 0.820. The number of benzene rings is 4. The lowest BCUT2D eigenvalue weighted by molar-refractivity contribution is 0.482. The molecule has 180 valence electrons. The summed E-state index contributed by atoms with van der Waals surface area (Å²) in [6, 6.07) is 24.7. The number of ether oxygens (including phenoxy) is 1. The zero-order chi connectivity index (χ0) is 25.5. The Hall–Kier alpha value is -4.08. The van der Waals surface area contributed by atoms with E-state index in [2.05, 4.69) is 41.8 Å². The quantitative estimate of drug-likeness (QED) is 0.204. The Morgan fingerprint density at radius 3 is 1.38 bits per heavy atom. The van der Waals surface area contributed by atoms with E-state index in [1.165, 1.54) is 0 Å². The summed E-state index contributed by atoms with van der Waals surface area (Å²) in [6.07, 6.45) is 0. The van der Waals surface area contributed by atoms with E-state index in [1.54, 1.807) is 72.8 Å². The van der Waals surface area contributed by atoms with E-state index < -0.39 is 11.3 Å². The van der Waals surface area contributed by atoms with Gasteiger partial charge in [-0.25, -0.2) is 19.6 Å². The van der Waals surface area contributed by atoms with Crippen molar-refractivity contribution in [2.45, 2.75) is 0 Å². The van der Waals surface area contributed by atoms with Gasteiger partial charge in [-0.1, -0.05) is 31.9 Å². The van der Waals surface area contributed by atoms with Crippen LogP contribution in [0.15, 0.2) is 112 Å². The first-order valence-electron chi connectivity index (χ1n) is 11.0. The van der Waals surface area contributed by atoms with E-state index in [0.29, 0.717) is 44.4 Å². The first kappa shape index (κ1) is 23.3. The molecule has 4 aromatic carbocycles. The molecule has 6 rings (SSSR count). The Labute approximate surface area is 225 Å². The van der Waals surface area contributed by atoms with Crippen LogP contribution in [0.4, 0.5) is 0 Å². The highest BCUT2D eigenvalue weighted by atomic mass is 79.9. The monoisotopic (exact) mass is 616 g/mol. The molecular formula is C28H14Br2N2O5. The molecule has 6 aromatic rings. The summed E-state index contributed by atoms with van der Waals surface area (Å²) in [4.78, 5) is 33.7. The van der Waals surface area contributed by atoms with E-state index in [-0.39, 0.29) is 11.8 Å². The van der Waals surface area contributed by atoms with Crippen LogP contribution in [0.1, 0.15) is 0 Å². The predicted molar refractivity (Wildman–Crippen MR) is 147 cm³/mol. The highest BCUT2D eigenvalue weighted by molar-refractivity contribution is 9.10. The van der Waals surface area contributed by atoms with Crippen LogP contribution in [-0.2, 0) is 0 Å². The zero-order valence-corrected chi connectivity index (χ0v) is 21.9. The molecule has 0 N–H and O–H groups in total. The van der Waals surface area contributed by atoms with Crippen molar-refractivity contribution < 1.29 is 13.6 Å². The highest BCUT2D eigenvalue weighted by Gasteiger charge is 2.11. The third-order valence-electron chi connectivity index (χ3n) is 5.62. The van der Waals surface area contributed by atoms with Gasteiger partial charge in [-0.15, -0.1) is 0 Å².